The number of hydrogen-bond acceptors (Lipinski definition) is 6. The van der Waals surface area contributed by atoms with Crippen molar-refractivity contribution in [3.05, 3.63) is 36.2 Å². The number of nitriles is 1. The van der Waals surface area contributed by atoms with Crippen LogP contribution in [0.15, 0.2) is 41.1 Å². The molecule has 1 aliphatic carbocycles. The molecule has 0 spiro atoms. The molecule has 0 bridgehead atoms. The number of amides is 1. The van der Waals surface area contributed by atoms with Crippen LogP contribution in [0.1, 0.15) is 72.1 Å². The van der Waals surface area contributed by atoms with Gasteiger partial charge >= 0.3 is 6.09 Å². The number of unbranched alkanes of at least 4 members (excludes halogenated alkanes) is 1. The third-order valence-corrected chi connectivity index (χ3v) is 7.80. The van der Waals surface area contributed by atoms with Gasteiger partial charge in [-0.25, -0.2) is 17.6 Å². The average molecular weight is 509 g/mol. The molecule has 9 heteroatoms. The standard InChI is InChI=1S/C26H37FN2O5S/c1-25(2,3)34-24(30)29-18-21(17-27)19-33-22-9-11-23(12-10-22)35(31,32)16-8-7-15-26(20-28)13-5-4-6-14-26/h9-12,17H,4-8,13-16,18-19H2,1-3H3,(H,29,30)/b21-17+. The minimum atomic E-state index is -3.45. The normalized spacial score (nSPS) is 16.3. The number of rotatable bonds is 11. The summed E-state index contributed by atoms with van der Waals surface area (Å²) in [6, 6.07) is 8.48. The Labute approximate surface area is 208 Å². The van der Waals surface area contributed by atoms with Crippen LogP contribution in [0, 0.1) is 16.7 Å². The van der Waals surface area contributed by atoms with Gasteiger partial charge in [0.15, 0.2) is 9.84 Å². The lowest BCUT2D eigenvalue weighted by Crippen LogP contribution is -2.34. The third-order valence-electron chi connectivity index (χ3n) is 5.99. The number of sulfone groups is 1. The summed E-state index contributed by atoms with van der Waals surface area (Å²) < 4.78 is 49.2. The summed E-state index contributed by atoms with van der Waals surface area (Å²) in [6.45, 7) is 5.00. The van der Waals surface area contributed by atoms with E-state index < -0.39 is 21.5 Å². The maximum Gasteiger partial charge on any atom is 0.407 e. The largest absolute Gasteiger partial charge is 0.489 e. The molecule has 0 radical (unpaired) electrons. The Hall–Kier alpha value is -2.60. The van der Waals surface area contributed by atoms with Gasteiger partial charge < -0.3 is 14.8 Å². The number of halogens is 1. The SMILES string of the molecule is CC(C)(C)OC(=O)NC/C(=C\F)COc1ccc(S(=O)(=O)CCCCC2(C#N)CCCCC2)cc1. The molecule has 0 aliphatic heterocycles. The number of hydrogen-bond donors (Lipinski definition) is 1. The van der Waals surface area contributed by atoms with Gasteiger partial charge in [0.2, 0.25) is 0 Å². The van der Waals surface area contributed by atoms with Gasteiger partial charge in [-0.1, -0.05) is 25.7 Å². The summed E-state index contributed by atoms with van der Waals surface area (Å²) >= 11 is 0. The highest BCUT2D eigenvalue weighted by Gasteiger charge is 2.31. The monoisotopic (exact) mass is 508 g/mol. The number of benzene rings is 1. The first kappa shape index (κ1) is 28.6. The molecule has 35 heavy (non-hydrogen) atoms. The molecule has 2 rings (SSSR count). The molecule has 1 saturated carbocycles. The lowest BCUT2D eigenvalue weighted by Gasteiger charge is -2.30. The van der Waals surface area contributed by atoms with Gasteiger partial charge in [-0.2, -0.15) is 5.26 Å². The molecular formula is C26H37FN2O5S. The first-order valence-corrected chi connectivity index (χ1v) is 13.8. The zero-order valence-corrected chi connectivity index (χ0v) is 21.8. The van der Waals surface area contributed by atoms with E-state index in [1.165, 1.54) is 30.7 Å². The van der Waals surface area contributed by atoms with Crippen LogP contribution in [-0.2, 0) is 14.6 Å². The molecule has 0 atom stereocenters. The summed E-state index contributed by atoms with van der Waals surface area (Å²) in [4.78, 5) is 11.9. The Bertz CT molecular complexity index is 1000. The molecule has 1 amide bonds. The topological polar surface area (TPSA) is 105 Å². The van der Waals surface area contributed by atoms with Crippen LogP contribution >= 0.6 is 0 Å². The van der Waals surface area contributed by atoms with Gasteiger partial charge in [0.25, 0.3) is 0 Å². The van der Waals surface area contributed by atoms with E-state index in [0.717, 1.165) is 32.1 Å². The van der Waals surface area contributed by atoms with E-state index in [9.17, 15) is 22.9 Å². The number of alkyl carbamates (subject to hydrolysis) is 1. The molecule has 1 N–H and O–H groups in total. The highest BCUT2D eigenvalue weighted by molar-refractivity contribution is 7.91. The van der Waals surface area contributed by atoms with Gasteiger partial charge in [0.1, 0.15) is 18.0 Å². The fourth-order valence-electron chi connectivity index (χ4n) is 4.06. The maximum absolute atomic E-state index is 13.2. The first-order valence-electron chi connectivity index (χ1n) is 12.1. The molecule has 1 aromatic carbocycles. The van der Waals surface area contributed by atoms with Gasteiger partial charge in [-0.3, -0.25) is 0 Å². The van der Waals surface area contributed by atoms with Crippen LogP contribution < -0.4 is 10.1 Å². The van der Waals surface area contributed by atoms with E-state index in [-0.39, 0.29) is 34.8 Å². The quantitative estimate of drug-likeness (QED) is 0.375. The lowest BCUT2D eigenvalue weighted by atomic mass is 9.72. The van der Waals surface area contributed by atoms with Crippen LogP contribution in [0.25, 0.3) is 0 Å². The highest BCUT2D eigenvalue weighted by atomic mass is 32.2. The second-order valence-corrected chi connectivity index (χ2v) is 12.2. The van der Waals surface area contributed by atoms with Gasteiger partial charge in [-0.15, -0.1) is 0 Å². The first-order chi connectivity index (χ1) is 16.5. The Morgan fingerprint density at radius 1 is 1.17 bits per heavy atom. The lowest BCUT2D eigenvalue weighted by molar-refractivity contribution is 0.0531. The van der Waals surface area contributed by atoms with Crippen molar-refractivity contribution in [3.63, 3.8) is 0 Å². The molecule has 1 aromatic rings. The summed E-state index contributed by atoms with van der Waals surface area (Å²) in [7, 11) is -3.45. The van der Waals surface area contributed by atoms with Crippen LogP contribution in [0.4, 0.5) is 9.18 Å². The minimum absolute atomic E-state index is 0.0276. The summed E-state index contributed by atoms with van der Waals surface area (Å²) in [5.74, 6) is 0.411. The third kappa shape index (κ3) is 9.88. The number of nitrogens with zero attached hydrogens (tertiary/aromatic N) is 1. The second kappa shape index (κ2) is 12.9. The van der Waals surface area contributed by atoms with E-state index >= 15 is 0 Å². The Morgan fingerprint density at radius 2 is 1.83 bits per heavy atom. The summed E-state index contributed by atoms with van der Waals surface area (Å²) in [6.07, 6.45) is 6.82. The number of carbonyl (C=O) groups is 1. The Kier molecular flexibility index (Phi) is 10.6. The van der Waals surface area contributed by atoms with Gasteiger partial charge in [0, 0.05) is 12.1 Å². The predicted molar refractivity (Wildman–Crippen MR) is 132 cm³/mol. The molecule has 194 valence electrons. The summed E-state index contributed by atoms with van der Waals surface area (Å²) in [5.41, 5.74) is -0.743. The Morgan fingerprint density at radius 3 is 2.40 bits per heavy atom. The fourth-order valence-corrected chi connectivity index (χ4v) is 5.43. The van der Waals surface area contributed by atoms with E-state index in [1.54, 1.807) is 20.8 Å². The highest BCUT2D eigenvalue weighted by Crippen LogP contribution is 2.40. The van der Waals surface area contributed by atoms with E-state index in [4.69, 9.17) is 9.47 Å². The number of ether oxygens (including phenoxy) is 2. The molecular weight excluding hydrogens is 471 g/mol. The van der Waals surface area contributed by atoms with E-state index in [2.05, 4.69) is 11.4 Å². The van der Waals surface area contributed by atoms with Crippen molar-refractivity contribution in [1.29, 1.82) is 5.26 Å². The van der Waals surface area contributed by atoms with Crippen molar-refractivity contribution in [2.45, 2.75) is 82.6 Å². The van der Waals surface area contributed by atoms with Crippen LogP contribution in [0.5, 0.6) is 5.75 Å². The summed E-state index contributed by atoms with van der Waals surface area (Å²) in [5, 5.41) is 12.0. The van der Waals surface area contributed by atoms with Crippen molar-refractivity contribution >= 4 is 15.9 Å². The molecule has 7 nitrogen and oxygen atoms in total. The fraction of sp³-hybridized carbons (Fsp3) is 0.615. The van der Waals surface area contributed by atoms with Crippen molar-refractivity contribution in [3.8, 4) is 11.8 Å². The molecule has 0 unspecified atom stereocenters. The van der Waals surface area contributed by atoms with Gasteiger partial charge in [-0.05, 0) is 70.7 Å². The second-order valence-electron chi connectivity index (χ2n) is 10.1. The molecule has 1 aliphatic rings. The predicted octanol–water partition coefficient (Wildman–Crippen LogP) is 5.86. The van der Waals surface area contributed by atoms with Crippen molar-refractivity contribution < 1.29 is 27.1 Å². The van der Waals surface area contributed by atoms with Crippen molar-refractivity contribution in [2.24, 2.45) is 5.41 Å². The zero-order valence-electron chi connectivity index (χ0n) is 20.9. The number of carbonyl (C=O) groups excluding carboxylic acids is 1. The molecule has 0 heterocycles. The van der Waals surface area contributed by atoms with E-state index in [1.807, 2.05) is 0 Å². The van der Waals surface area contributed by atoms with Crippen molar-refractivity contribution in [1.82, 2.24) is 5.32 Å². The van der Waals surface area contributed by atoms with E-state index in [0.29, 0.717) is 24.9 Å². The average Bonchev–Trinajstić information content (AvgIpc) is 2.82. The van der Waals surface area contributed by atoms with Gasteiger partial charge in [0.05, 0.1) is 28.5 Å². The van der Waals surface area contributed by atoms with Crippen LogP contribution in [0.3, 0.4) is 0 Å². The minimum Gasteiger partial charge on any atom is -0.489 e. The molecule has 0 saturated heterocycles. The number of nitrogens with one attached hydrogen (secondary N) is 1. The van der Waals surface area contributed by atoms with Crippen molar-refractivity contribution in [2.75, 3.05) is 18.9 Å². The Balaban J connectivity index is 1.80. The van der Waals surface area contributed by atoms with Crippen LogP contribution in [-0.4, -0.2) is 39.0 Å². The molecule has 1 fully saturated rings. The smallest absolute Gasteiger partial charge is 0.407 e. The van der Waals surface area contributed by atoms with Crippen LogP contribution in [0.2, 0.25) is 0 Å². The zero-order chi connectivity index (χ0) is 26.0. The maximum atomic E-state index is 13.2. The molecule has 0 aromatic heterocycles.